The topological polar surface area (TPSA) is 78.4 Å². The molecule has 1 aliphatic rings. The molecule has 0 bridgehead atoms. The smallest absolute Gasteiger partial charge is 0.243 e. The van der Waals surface area contributed by atoms with E-state index in [0.717, 1.165) is 32.6 Å². The van der Waals surface area contributed by atoms with Crippen molar-refractivity contribution in [2.24, 2.45) is 4.99 Å². The first-order chi connectivity index (χ1) is 15.6. The van der Waals surface area contributed by atoms with E-state index in [1.54, 1.807) is 19.0 Å². The summed E-state index contributed by atoms with van der Waals surface area (Å²) in [6.07, 6.45) is 3.29. The highest BCUT2D eigenvalue weighted by atomic mass is 127. The highest BCUT2D eigenvalue weighted by Gasteiger charge is 2.22. The molecule has 1 unspecified atom stereocenters. The molecule has 1 heterocycles. The molecule has 1 atom stereocenters. The monoisotopic (exact) mass is 575 g/mol. The molecule has 0 aliphatic carbocycles. The fraction of sp³-hybridized carbons (Fsp3) is 0.667. The molecule has 2 rings (SSSR count). The summed E-state index contributed by atoms with van der Waals surface area (Å²) in [5.41, 5.74) is 1.17. The molecule has 188 valence electrons. The fourth-order valence-corrected chi connectivity index (χ4v) is 3.58. The summed E-state index contributed by atoms with van der Waals surface area (Å²) in [5, 5.41) is 6.75. The average Bonchev–Trinajstić information content (AvgIpc) is 3.27. The van der Waals surface area contributed by atoms with Crippen molar-refractivity contribution in [1.82, 2.24) is 20.4 Å². The first-order valence-corrected chi connectivity index (χ1v) is 11.8. The molecule has 2 N–H and O–H groups in total. The van der Waals surface area contributed by atoms with Crippen LogP contribution in [0.15, 0.2) is 35.3 Å². The van der Waals surface area contributed by atoms with Crippen molar-refractivity contribution >= 4 is 35.8 Å². The van der Waals surface area contributed by atoms with Crippen molar-refractivity contribution in [1.29, 1.82) is 0 Å². The fourth-order valence-electron chi connectivity index (χ4n) is 3.58. The summed E-state index contributed by atoms with van der Waals surface area (Å²) < 4.78 is 11.3. The number of hydrogen-bond acceptors (Lipinski definition) is 5. The van der Waals surface area contributed by atoms with Gasteiger partial charge in [0.1, 0.15) is 6.54 Å². The van der Waals surface area contributed by atoms with E-state index in [-0.39, 0.29) is 36.4 Å². The van der Waals surface area contributed by atoms with Gasteiger partial charge in [-0.15, -0.1) is 24.0 Å². The number of rotatable bonds is 14. The lowest BCUT2D eigenvalue weighted by Crippen LogP contribution is -2.45. The second-order valence-corrected chi connectivity index (χ2v) is 8.19. The number of hydrogen-bond donors (Lipinski definition) is 2. The molecule has 1 aromatic rings. The lowest BCUT2D eigenvalue weighted by molar-refractivity contribution is -0.127. The number of ether oxygens (including phenoxy) is 2. The number of likely N-dealkylation sites (tertiary alicyclic amines) is 1. The zero-order chi connectivity index (χ0) is 23.0. The van der Waals surface area contributed by atoms with Crippen LogP contribution in [0.4, 0.5) is 0 Å². The van der Waals surface area contributed by atoms with Crippen LogP contribution in [0, 0.1) is 0 Å². The summed E-state index contributed by atoms with van der Waals surface area (Å²) in [4.78, 5) is 20.4. The normalized spacial score (nSPS) is 16.3. The van der Waals surface area contributed by atoms with E-state index < -0.39 is 0 Å². The Morgan fingerprint density at radius 1 is 1.15 bits per heavy atom. The standard InChI is InChI=1S/C24H41N5O3.HI/c1-4-29-14-8-12-22(29)18-26-24(27-19-23(30)28(2)3)25-13-9-15-31-16-17-32-20-21-10-6-5-7-11-21;/h5-7,10-11,22H,4,8-9,12-20H2,1-3H3,(H2,25,26,27);1H. The van der Waals surface area contributed by atoms with Crippen LogP contribution in [0.2, 0.25) is 0 Å². The minimum absolute atomic E-state index is 0. The van der Waals surface area contributed by atoms with E-state index in [9.17, 15) is 4.79 Å². The van der Waals surface area contributed by atoms with E-state index in [1.807, 2.05) is 18.2 Å². The van der Waals surface area contributed by atoms with Crippen LogP contribution in [-0.4, -0.2) is 94.3 Å². The zero-order valence-electron chi connectivity index (χ0n) is 20.4. The maximum Gasteiger partial charge on any atom is 0.243 e. The number of likely N-dealkylation sites (N-methyl/N-ethyl adjacent to an activating group) is 2. The Morgan fingerprint density at radius 2 is 1.91 bits per heavy atom. The number of nitrogens with zero attached hydrogens (tertiary/aromatic N) is 3. The van der Waals surface area contributed by atoms with E-state index in [1.165, 1.54) is 18.4 Å². The number of amides is 1. The summed E-state index contributed by atoms with van der Waals surface area (Å²) in [6, 6.07) is 10.7. The molecular weight excluding hydrogens is 533 g/mol. The molecule has 8 nitrogen and oxygen atoms in total. The third-order valence-electron chi connectivity index (χ3n) is 5.52. The molecule has 33 heavy (non-hydrogen) atoms. The summed E-state index contributed by atoms with van der Waals surface area (Å²) in [7, 11) is 3.49. The molecule has 1 fully saturated rings. The predicted molar refractivity (Wildman–Crippen MR) is 144 cm³/mol. The van der Waals surface area contributed by atoms with Gasteiger partial charge in [-0.3, -0.25) is 9.69 Å². The molecule has 0 saturated carbocycles. The van der Waals surface area contributed by atoms with Crippen molar-refractivity contribution in [3.05, 3.63) is 35.9 Å². The van der Waals surface area contributed by atoms with Gasteiger partial charge in [-0.2, -0.15) is 0 Å². The number of aliphatic imine (C=N–C) groups is 1. The van der Waals surface area contributed by atoms with Crippen LogP contribution in [0.5, 0.6) is 0 Å². The van der Waals surface area contributed by atoms with Gasteiger partial charge in [0.2, 0.25) is 5.91 Å². The highest BCUT2D eigenvalue weighted by Crippen LogP contribution is 2.15. The van der Waals surface area contributed by atoms with Crippen LogP contribution in [0.3, 0.4) is 0 Å². The average molecular weight is 576 g/mol. The summed E-state index contributed by atoms with van der Waals surface area (Å²) in [6.45, 7) is 8.56. The Morgan fingerprint density at radius 3 is 2.64 bits per heavy atom. The molecule has 1 saturated heterocycles. The Balaban J connectivity index is 0.00000544. The Hall–Kier alpha value is -1.43. The number of carbonyl (C=O) groups excluding carboxylic acids is 1. The van der Waals surface area contributed by atoms with Crippen LogP contribution in [0.25, 0.3) is 0 Å². The lowest BCUT2D eigenvalue weighted by atomic mass is 10.2. The molecule has 9 heteroatoms. The quantitative estimate of drug-likeness (QED) is 0.154. The number of benzene rings is 1. The highest BCUT2D eigenvalue weighted by molar-refractivity contribution is 14.0. The zero-order valence-corrected chi connectivity index (χ0v) is 22.8. The van der Waals surface area contributed by atoms with Gasteiger partial charge in [-0.1, -0.05) is 37.3 Å². The van der Waals surface area contributed by atoms with Crippen LogP contribution in [0.1, 0.15) is 31.7 Å². The van der Waals surface area contributed by atoms with Gasteiger partial charge in [0, 0.05) is 39.8 Å². The predicted octanol–water partition coefficient (Wildman–Crippen LogP) is 2.34. The minimum Gasteiger partial charge on any atom is -0.379 e. The van der Waals surface area contributed by atoms with Gasteiger partial charge in [0.05, 0.1) is 19.8 Å². The molecule has 1 aliphatic heterocycles. The maximum atomic E-state index is 11.9. The third kappa shape index (κ3) is 12.6. The first-order valence-electron chi connectivity index (χ1n) is 11.8. The lowest BCUT2D eigenvalue weighted by Gasteiger charge is -2.24. The van der Waals surface area contributed by atoms with Crippen molar-refractivity contribution in [3.63, 3.8) is 0 Å². The van der Waals surface area contributed by atoms with Gasteiger partial charge < -0.3 is 25.0 Å². The Labute approximate surface area is 216 Å². The van der Waals surface area contributed by atoms with Crippen molar-refractivity contribution in [2.45, 2.75) is 38.8 Å². The van der Waals surface area contributed by atoms with E-state index in [0.29, 0.717) is 38.4 Å². The van der Waals surface area contributed by atoms with Crippen LogP contribution < -0.4 is 10.6 Å². The van der Waals surface area contributed by atoms with Gasteiger partial charge in [-0.25, -0.2) is 4.99 Å². The summed E-state index contributed by atoms with van der Waals surface area (Å²) >= 11 is 0. The second kappa shape index (κ2) is 18.0. The molecule has 1 aromatic carbocycles. The van der Waals surface area contributed by atoms with Gasteiger partial charge in [0.15, 0.2) is 5.96 Å². The van der Waals surface area contributed by atoms with Crippen molar-refractivity contribution in [2.75, 3.05) is 66.6 Å². The SMILES string of the molecule is CCN1CCCC1CNC(=NCC(=O)N(C)C)NCCCOCCOCc1ccccc1.I. The molecule has 0 spiro atoms. The van der Waals surface area contributed by atoms with Crippen LogP contribution >= 0.6 is 24.0 Å². The summed E-state index contributed by atoms with van der Waals surface area (Å²) in [5.74, 6) is 0.676. The van der Waals surface area contributed by atoms with Gasteiger partial charge >= 0.3 is 0 Å². The number of halogens is 1. The maximum absolute atomic E-state index is 11.9. The number of guanidine groups is 1. The Bertz CT molecular complexity index is 675. The van der Waals surface area contributed by atoms with E-state index >= 15 is 0 Å². The number of nitrogens with one attached hydrogen (secondary N) is 2. The molecular formula is C24H42IN5O3. The van der Waals surface area contributed by atoms with Crippen molar-refractivity contribution < 1.29 is 14.3 Å². The van der Waals surface area contributed by atoms with E-state index in [2.05, 4.69) is 39.6 Å². The molecule has 0 radical (unpaired) electrons. The first kappa shape index (κ1) is 29.6. The number of carbonyl (C=O) groups is 1. The van der Waals surface area contributed by atoms with Gasteiger partial charge in [0.25, 0.3) is 0 Å². The molecule has 1 amide bonds. The van der Waals surface area contributed by atoms with Crippen molar-refractivity contribution in [3.8, 4) is 0 Å². The van der Waals surface area contributed by atoms with E-state index in [4.69, 9.17) is 9.47 Å². The Kier molecular flexibility index (Phi) is 16.1. The van der Waals surface area contributed by atoms with Gasteiger partial charge in [-0.05, 0) is 37.9 Å². The third-order valence-corrected chi connectivity index (χ3v) is 5.52. The largest absolute Gasteiger partial charge is 0.379 e. The second-order valence-electron chi connectivity index (χ2n) is 8.19. The molecule has 0 aromatic heterocycles. The van der Waals surface area contributed by atoms with Crippen LogP contribution in [-0.2, 0) is 20.9 Å². The minimum atomic E-state index is -0.0130.